The number of rotatable bonds is 9. The summed E-state index contributed by atoms with van der Waals surface area (Å²) < 4.78 is 61.3. The molecule has 0 aliphatic rings. The Morgan fingerprint density at radius 3 is 2.31 bits per heavy atom. The van der Waals surface area contributed by atoms with E-state index in [0.29, 0.717) is 11.5 Å². The molecule has 174 valence electrons. The van der Waals surface area contributed by atoms with Gasteiger partial charge in [0.2, 0.25) is 5.91 Å². The molecular formula is C21H23F4N3O4. The third-order valence-electron chi connectivity index (χ3n) is 4.43. The van der Waals surface area contributed by atoms with Gasteiger partial charge >= 0.3 is 6.18 Å². The van der Waals surface area contributed by atoms with Crippen LogP contribution in [0.15, 0.2) is 30.3 Å². The van der Waals surface area contributed by atoms with Crippen molar-refractivity contribution in [1.82, 2.24) is 10.6 Å². The Morgan fingerprint density at radius 2 is 1.69 bits per heavy atom. The van der Waals surface area contributed by atoms with Gasteiger partial charge in [-0.2, -0.15) is 13.2 Å². The van der Waals surface area contributed by atoms with Crippen LogP contribution >= 0.6 is 0 Å². The second-order valence-electron chi connectivity index (χ2n) is 6.75. The first kappa shape index (κ1) is 24.8. The minimum absolute atomic E-state index is 0.114. The molecule has 11 heteroatoms. The summed E-state index contributed by atoms with van der Waals surface area (Å²) in [5, 5.41) is 7.05. The van der Waals surface area contributed by atoms with E-state index in [2.05, 4.69) is 10.6 Å². The molecule has 2 aromatic rings. The zero-order valence-corrected chi connectivity index (χ0v) is 17.7. The number of alkyl halides is 3. The summed E-state index contributed by atoms with van der Waals surface area (Å²) in [6.07, 6.45) is -4.59. The van der Waals surface area contributed by atoms with Crippen LogP contribution in [0.4, 0.5) is 23.2 Å². The lowest BCUT2D eigenvalue weighted by Gasteiger charge is -2.14. The summed E-state index contributed by atoms with van der Waals surface area (Å²) in [4.78, 5) is 24.1. The van der Waals surface area contributed by atoms with Crippen LogP contribution in [-0.4, -0.2) is 45.3 Å². The molecule has 0 saturated heterocycles. The van der Waals surface area contributed by atoms with Gasteiger partial charge in [-0.15, -0.1) is 0 Å². The highest BCUT2D eigenvalue weighted by atomic mass is 19.4. The van der Waals surface area contributed by atoms with Gasteiger partial charge in [0.1, 0.15) is 12.4 Å². The lowest BCUT2D eigenvalue weighted by molar-refractivity contribution is -0.123. The van der Waals surface area contributed by atoms with Gasteiger partial charge < -0.3 is 25.4 Å². The number of halogens is 4. The normalized spacial score (nSPS) is 11.0. The van der Waals surface area contributed by atoms with Crippen LogP contribution in [0.1, 0.15) is 21.5 Å². The van der Waals surface area contributed by atoms with E-state index in [1.165, 1.54) is 27.2 Å². The summed E-state index contributed by atoms with van der Waals surface area (Å²) >= 11 is 0. The number of ether oxygens (including phenoxy) is 2. The van der Waals surface area contributed by atoms with Crippen LogP contribution in [0.25, 0.3) is 0 Å². The van der Waals surface area contributed by atoms with E-state index in [0.717, 1.165) is 11.6 Å². The van der Waals surface area contributed by atoms with Gasteiger partial charge in [0.15, 0.2) is 11.5 Å². The summed E-state index contributed by atoms with van der Waals surface area (Å²) in [5.41, 5.74) is 0.681. The average Bonchev–Trinajstić information content (AvgIpc) is 2.75. The summed E-state index contributed by atoms with van der Waals surface area (Å²) in [6, 6.07) is 7.17. The maximum Gasteiger partial charge on any atom is 0.405 e. The smallest absolute Gasteiger partial charge is 0.405 e. The topological polar surface area (TPSA) is 88.7 Å². The molecule has 0 unspecified atom stereocenters. The first-order valence-corrected chi connectivity index (χ1v) is 9.40. The molecule has 0 atom stereocenters. The third kappa shape index (κ3) is 7.03. The number of nitrogens with one attached hydrogen (secondary N) is 3. The first-order valence-electron chi connectivity index (χ1n) is 9.40. The van der Waals surface area contributed by atoms with Crippen molar-refractivity contribution in [2.45, 2.75) is 19.6 Å². The van der Waals surface area contributed by atoms with Crippen LogP contribution in [0.2, 0.25) is 0 Å². The van der Waals surface area contributed by atoms with Crippen molar-refractivity contribution in [2.75, 3.05) is 32.6 Å². The number of anilines is 1. The molecule has 0 fully saturated rings. The largest absolute Gasteiger partial charge is 0.493 e. The Hall–Kier alpha value is -3.50. The Bertz CT molecular complexity index is 980. The Morgan fingerprint density at radius 1 is 1.00 bits per heavy atom. The molecule has 0 bridgehead atoms. The lowest BCUT2D eigenvalue weighted by Crippen LogP contribution is -2.34. The highest BCUT2D eigenvalue weighted by molar-refractivity contribution is 5.95. The molecule has 3 N–H and O–H groups in total. The van der Waals surface area contributed by atoms with Crippen molar-refractivity contribution in [3.63, 3.8) is 0 Å². The minimum atomic E-state index is -4.59. The van der Waals surface area contributed by atoms with E-state index < -0.39 is 30.4 Å². The van der Waals surface area contributed by atoms with Gasteiger partial charge in [-0.25, -0.2) is 4.39 Å². The van der Waals surface area contributed by atoms with Gasteiger partial charge in [0.25, 0.3) is 5.91 Å². The average molecular weight is 457 g/mol. The van der Waals surface area contributed by atoms with Crippen molar-refractivity contribution < 1.29 is 36.6 Å². The van der Waals surface area contributed by atoms with Crippen LogP contribution in [0.5, 0.6) is 11.5 Å². The van der Waals surface area contributed by atoms with Gasteiger partial charge in [-0.3, -0.25) is 9.59 Å². The third-order valence-corrected chi connectivity index (χ3v) is 4.43. The van der Waals surface area contributed by atoms with Crippen molar-refractivity contribution >= 4 is 17.5 Å². The standard InChI is InChI=1S/C21H23F4N3O4/c1-12-15(22)7-14(20(30)28-11-21(23,24)25)8-16(12)26-10-19(29)27-9-13-4-5-17(31-2)18(6-13)32-3/h4-8,26H,9-11H2,1-3H3,(H,27,29)(H,28,30). The zero-order chi connectivity index (χ0) is 23.9. The lowest BCUT2D eigenvalue weighted by atomic mass is 10.1. The van der Waals surface area contributed by atoms with E-state index in [-0.39, 0.29) is 29.9 Å². The van der Waals surface area contributed by atoms with Gasteiger partial charge in [0.05, 0.1) is 20.8 Å². The number of hydrogen-bond donors (Lipinski definition) is 3. The Labute approximate surface area is 182 Å². The number of methoxy groups -OCH3 is 2. The molecule has 0 aliphatic carbocycles. The number of benzene rings is 2. The van der Waals surface area contributed by atoms with E-state index in [1.54, 1.807) is 23.5 Å². The van der Waals surface area contributed by atoms with Crippen molar-refractivity contribution in [2.24, 2.45) is 0 Å². The fourth-order valence-electron chi connectivity index (χ4n) is 2.71. The molecule has 2 rings (SSSR count). The Kier molecular flexibility index (Phi) is 8.27. The quantitative estimate of drug-likeness (QED) is 0.504. The number of carbonyl (C=O) groups is 2. The molecule has 0 saturated carbocycles. The highest BCUT2D eigenvalue weighted by Crippen LogP contribution is 2.27. The zero-order valence-electron chi connectivity index (χ0n) is 17.7. The number of amides is 2. The van der Waals surface area contributed by atoms with Gasteiger partial charge in [-0.05, 0) is 36.8 Å². The molecule has 2 amide bonds. The molecule has 0 radical (unpaired) electrons. The molecule has 32 heavy (non-hydrogen) atoms. The maximum absolute atomic E-state index is 14.1. The second kappa shape index (κ2) is 10.7. The van der Waals surface area contributed by atoms with E-state index in [9.17, 15) is 27.2 Å². The first-order chi connectivity index (χ1) is 15.0. The highest BCUT2D eigenvalue weighted by Gasteiger charge is 2.28. The van der Waals surface area contributed by atoms with Crippen LogP contribution in [-0.2, 0) is 11.3 Å². The van der Waals surface area contributed by atoms with Gasteiger partial charge in [-0.1, -0.05) is 6.07 Å². The molecule has 7 nitrogen and oxygen atoms in total. The summed E-state index contributed by atoms with van der Waals surface area (Å²) in [6.45, 7) is -0.186. The van der Waals surface area contributed by atoms with Crippen LogP contribution in [0, 0.1) is 12.7 Å². The van der Waals surface area contributed by atoms with Gasteiger partial charge in [0, 0.05) is 23.4 Å². The second-order valence-corrected chi connectivity index (χ2v) is 6.75. The van der Waals surface area contributed by atoms with E-state index in [4.69, 9.17) is 9.47 Å². The monoisotopic (exact) mass is 457 g/mol. The fourth-order valence-corrected chi connectivity index (χ4v) is 2.71. The van der Waals surface area contributed by atoms with E-state index in [1.807, 2.05) is 0 Å². The SMILES string of the molecule is COc1ccc(CNC(=O)CNc2cc(C(=O)NCC(F)(F)F)cc(F)c2C)cc1OC. The number of carbonyl (C=O) groups excluding carboxylic acids is 2. The molecule has 0 spiro atoms. The maximum atomic E-state index is 14.1. The predicted molar refractivity (Wildman–Crippen MR) is 109 cm³/mol. The summed E-state index contributed by atoms with van der Waals surface area (Å²) in [7, 11) is 2.99. The summed E-state index contributed by atoms with van der Waals surface area (Å²) in [5.74, 6) is -1.25. The molecule has 0 aromatic heterocycles. The van der Waals surface area contributed by atoms with Crippen LogP contribution < -0.4 is 25.4 Å². The molecule has 0 heterocycles. The fraction of sp³-hybridized carbons (Fsp3) is 0.333. The molecule has 0 aliphatic heterocycles. The molecular weight excluding hydrogens is 434 g/mol. The van der Waals surface area contributed by atoms with Crippen molar-refractivity contribution in [3.05, 3.63) is 52.8 Å². The van der Waals surface area contributed by atoms with Crippen molar-refractivity contribution in [1.29, 1.82) is 0 Å². The predicted octanol–water partition coefficient (Wildman–Crippen LogP) is 3.17. The van der Waals surface area contributed by atoms with Crippen molar-refractivity contribution in [3.8, 4) is 11.5 Å². The van der Waals surface area contributed by atoms with E-state index >= 15 is 0 Å². The molecule has 2 aromatic carbocycles. The van der Waals surface area contributed by atoms with Crippen LogP contribution in [0.3, 0.4) is 0 Å². The number of hydrogen-bond acceptors (Lipinski definition) is 5. The Balaban J connectivity index is 1.98. The minimum Gasteiger partial charge on any atom is -0.493 e.